The molecule has 0 spiro atoms. The zero-order valence-corrected chi connectivity index (χ0v) is 12.4. The Morgan fingerprint density at radius 2 is 1.80 bits per heavy atom. The molecule has 1 aromatic rings. The normalized spacial score (nSPS) is 9.95. The predicted octanol–water partition coefficient (Wildman–Crippen LogP) is 2.73. The number of anilines is 1. The first-order valence-electron chi connectivity index (χ1n) is 6.71. The number of nitrogens with zero attached hydrogens (tertiary/aromatic N) is 1. The van der Waals surface area contributed by atoms with Crippen molar-refractivity contribution in [3.05, 3.63) is 42.0 Å². The maximum absolute atomic E-state index is 12.0. The van der Waals surface area contributed by atoms with Crippen molar-refractivity contribution in [2.75, 3.05) is 25.0 Å². The number of hydrogen-bond acceptors (Lipinski definition) is 3. The Hall–Kier alpha value is -2.10. The van der Waals surface area contributed by atoms with E-state index in [1.807, 2.05) is 13.8 Å². The van der Waals surface area contributed by atoms with Gasteiger partial charge >= 0.3 is 0 Å². The van der Waals surface area contributed by atoms with Crippen LogP contribution in [-0.4, -0.2) is 36.2 Å². The minimum atomic E-state index is 0.0335. The molecule has 0 saturated carbocycles. The zero-order valence-electron chi connectivity index (χ0n) is 12.4. The van der Waals surface area contributed by atoms with Crippen molar-refractivity contribution in [2.24, 2.45) is 0 Å². The highest BCUT2D eigenvalue weighted by molar-refractivity contribution is 5.94. The standard InChI is InChI=1S/C16H22N2O2/c1-5-18(11-12(2)3)16(20)10-17-15-8-6-14(7-9-15)13(4)19/h6-9,17H,2,5,10-11H2,1,3-4H3. The molecule has 1 N–H and O–H groups in total. The lowest BCUT2D eigenvalue weighted by Crippen LogP contribution is -2.36. The van der Waals surface area contributed by atoms with Gasteiger partial charge in [0.1, 0.15) is 0 Å². The van der Waals surface area contributed by atoms with Gasteiger partial charge in [0.15, 0.2) is 5.78 Å². The molecule has 1 aromatic carbocycles. The van der Waals surface area contributed by atoms with Gasteiger partial charge in [-0.25, -0.2) is 0 Å². The molecule has 0 heterocycles. The number of carbonyl (C=O) groups excluding carboxylic acids is 2. The summed E-state index contributed by atoms with van der Waals surface area (Å²) in [5.41, 5.74) is 2.46. The van der Waals surface area contributed by atoms with Crippen LogP contribution in [0, 0.1) is 0 Å². The van der Waals surface area contributed by atoms with E-state index in [0.29, 0.717) is 18.7 Å². The maximum Gasteiger partial charge on any atom is 0.242 e. The van der Waals surface area contributed by atoms with E-state index >= 15 is 0 Å². The Morgan fingerprint density at radius 1 is 1.20 bits per heavy atom. The minimum Gasteiger partial charge on any atom is -0.376 e. The van der Waals surface area contributed by atoms with Crippen molar-refractivity contribution < 1.29 is 9.59 Å². The Morgan fingerprint density at radius 3 is 2.25 bits per heavy atom. The summed E-state index contributed by atoms with van der Waals surface area (Å²) in [6, 6.07) is 7.11. The Balaban J connectivity index is 2.55. The van der Waals surface area contributed by atoms with Gasteiger partial charge in [0.2, 0.25) is 5.91 Å². The highest BCUT2D eigenvalue weighted by Gasteiger charge is 2.11. The molecule has 0 fully saturated rings. The third-order valence-electron chi connectivity index (χ3n) is 2.93. The van der Waals surface area contributed by atoms with Crippen LogP contribution >= 0.6 is 0 Å². The van der Waals surface area contributed by atoms with Crippen LogP contribution in [0.3, 0.4) is 0 Å². The van der Waals surface area contributed by atoms with Crippen molar-refractivity contribution in [3.63, 3.8) is 0 Å². The summed E-state index contributed by atoms with van der Waals surface area (Å²) in [6.07, 6.45) is 0. The van der Waals surface area contributed by atoms with E-state index in [-0.39, 0.29) is 18.2 Å². The van der Waals surface area contributed by atoms with Gasteiger partial charge in [-0.15, -0.1) is 0 Å². The molecule has 4 nitrogen and oxygen atoms in total. The molecular formula is C16H22N2O2. The Labute approximate surface area is 120 Å². The van der Waals surface area contributed by atoms with Crippen LogP contribution in [0.2, 0.25) is 0 Å². The monoisotopic (exact) mass is 274 g/mol. The molecular weight excluding hydrogens is 252 g/mol. The lowest BCUT2D eigenvalue weighted by Gasteiger charge is -2.21. The van der Waals surface area contributed by atoms with Crippen LogP contribution in [0.25, 0.3) is 0 Å². The summed E-state index contributed by atoms with van der Waals surface area (Å²) in [4.78, 5) is 24.9. The molecule has 0 aliphatic rings. The lowest BCUT2D eigenvalue weighted by atomic mass is 10.1. The van der Waals surface area contributed by atoms with Crippen molar-refractivity contribution in [1.29, 1.82) is 0 Å². The molecule has 4 heteroatoms. The highest BCUT2D eigenvalue weighted by Crippen LogP contribution is 2.10. The van der Waals surface area contributed by atoms with Crippen LogP contribution < -0.4 is 5.32 Å². The summed E-state index contributed by atoms with van der Waals surface area (Å²) in [6.45, 7) is 10.7. The third kappa shape index (κ3) is 4.88. The van der Waals surface area contributed by atoms with E-state index in [9.17, 15) is 9.59 Å². The van der Waals surface area contributed by atoms with E-state index < -0.39 is 0 Å². The number of hydrogen-bond donors (Lipinski definition) is 1. The zero-order chi connectivity index (χ0) is 15.1. The van der Waals surface area contributed by atoms with Crippen LogP contribution in [0.1, 0.15) is 31.1 Å². The number of carbonyl (C=O) groups is 2. The maximum atomic E-state index is 12.0. The summed E-state index contributed by atoms with van der Waals surface area (Å²) < 4.78 is 0. The lowest BCUT2D eigenvalue weighted by molar-refractivity contribution is -0.128. The van der Waals surface area contributed by atoms with Crippen LogP contribution in [0.5, 0.6) is 0 Å². The number of amides is 1. The van der Waals surface area contributed by atoms with Gasteiger partial charge in [0, 0.05) is 24.3 Å². The summed E-state index contributed by atoms with van der Waals surface area (Å²) in [5.74, 6) is 0.0670. The summed E-state index contributed by atoms with van der Waals surface area (Å²) >= 11 is 0. The predicted molar refractivity (Wildman–Crippen MR) is 82.0 cm³/mol. The van der Waals surface area contributed by atoms with E-state index in [4.69, 9.17) is 0 Å². The largest absolute Gasteiger partial charge is 0.376 e. The first kappa shape index (κ1) is 16.0. The van der Waals surface area contributed by atoms with Crippen LogP contribution in [0.15, 0.2) is 36.4 Å². The fourth-order valence-corrected chi connectivity index (χ4v) is 1.81. The number of nitrogens with one attached hydrogen (secondary N) is 1. The molecule has 20 heavy (non-hydrogen) atoms. The molecule has 0 unspecified atom stereocenters. The van der Waals surface area contributed by atoms with Crippen LogP contribution in [-0.2, 0) is 4.79 Å². The van der Waals surface area contributed by atoms with E-state index in [1.165, 1.54) is 6.92 Å². The van der Waals surface area contributed by atoms with Gasteiger partial charge in [0.25, 0.3) is 0 Å². The average Bonchev–Trinajstić information content (AvgIpc) is 2.42. The fraction of sp³-hybridized carbons (Fsp3) is 0.375. The van der Waals surface area contributed by atoms with E-state index in [0.717, 1.165) is 11.3 Å². The van der Waals surface area contributed by atoms with Crippen molar-refractivity contribution in [2.45, 2.75) is 20.8 Å². The number of Topliss-reactive ketones (excluding diaryl/α,β-unsaturated/α-hetero) is 1. The number of benzene rings is 1. The highest BCUT2D eigenvalue weighted by atomic mass is 16.2. The number of rotatable bonds is 7. The minimum absolute atomic E-state index is 0.0335. The Bertz CT molecular complexity index is 492. The molecule has 0 aromatic heterocycles. The summed E-state index contributed by atoms with van der Waals surface area (Å²) in [5, 5.41) is 3.07. The van der Waals surface area contributed by atoms with Gasteiger partial charge in [-0.1, -0.05) is 12.2 Å². The second-order valence-corrected chi connectivity index (χ2v) is 4.85. The SMILES string of the molecule is C=C(C)CN(CC)C(=O)CNc1ccc(C(C)=O)cc1. The van der Waals surface area contributed by atoms with Crippen molar-refractivity contribution in [1.82, 2.24) is 4.90 Å². The first-order valence-corrected chi connectivity index (χ1v) is 6.71. The second-order valence-electron chi connectivity index (χ2n) is 4.85. The van der Waals surface area contributed by atoms with Crippen molar-refractivity contribution >= 4 is 17.4 Å². The molecule has 0 atom stereocenters. The number of likely N-dealkylation sites (N-methyl/N-ethyl adjacent to an activating group) is 1. The molecule has 1 rings (SSSR count). The average molecular weight is 274 g/mol. The van der Waals surface area contributed by atoms with Crippen molar-refractivity contribution in [3.8, 4) is 0 Å². The van der Waals surface area contributed by atoms with Gasteiger partial charge in [-0.05, 0) is 45.0 Å². The third-order valence-corrected chi connectivity index (χ3v) is 2.93. The molecule has 0 saturated heterocycles. The first-order chi connectivity index (χ1) is 9.43. The second kappa shape index (κ2) is 7.48. The van der Waals surface area contributed by atoms with Gasteiger partial charge < -0.3 is 10.2 Å². The fourth-order valence-electron chi connectivity index (χ4n) is 1.81. The number of ketones is 1. The topological polar surface area (TPSA) is 49.4 Å². The smallest absolute Gasteiger partial charge is 0.242 e. The molecule has 0 radical (unpaired) electrons. The summed E-state index contributed by atoms with van der Waals surface area (Å²) in [7, 11) is 0. The molecule has 1 amide bonds. The van der Waals surface area contributed by atoms with Gasteiger partial charge in [-0.3, -0.25) is 9.59 Å². The van der Waals surface area contributed by atoms with E-state index in [2.05, 4.69) is 11.9 Å². The molecule has 0 aliphatic carbocycles. The molecule has 108 valence electrons. The quantitative estimate of drug-likeness (QED) is 0.614. The Kier molecular flexibility index (Phi) is 5.97. The molecule has 0 aliphatic heterocycles. The van der Waals surface area contributed by atoms with Crippen LogP contribution in [0.4, 0.5) is 5.69 Å². The van der Waals surface area contributed by atoms with Gasteiger partial charge in [-0.2, -0.15) is 0 Å². The van der Waals surface area contributed by atoms with Gasteiger partial charge in [0.05, 0.1) is 6.54 Å². The molecule has 0 bridgehead atoms. The van der Waals surface area contributed by atoms with E-state index in [1.54, 1.807) is 29.2 Å².